The van der Waals surface area contributed by atoms with Gasteiger partial charge in [-0.25, -0.2) is 8.78 Å². The minimum absolute atomic E-state index is 0.290. The highest BCUT2D eigenvalue weighted by Gasteiger charge is 2.37. The van der Waals surface area contributed by atoms with Crippen molar-refractivity contribution in [3.8, 4) is 0 Å². The molecule has 2 aliphatic rings. The number of hydrogen-bond acceptors (Lipinski definition) is 1. The van der Waals surface area contributed by atoms with Crippen LogP contribution in [0.1, 0.15) is 56.9 Å². The van der Waals surface area contributed by atoms with Gasteiger partial charge in [0.25, 0.3) is 0 Å². The average molecular weight is 279 g/mol. The van der Waals surface area contributed by atoms with Crippen LogP contribution in [0.3, 0.4) is 0 Å². The Balaban J connectivity index is 1.63. The van der Waals surface area contributed by atoms with Crippen molar-refractivity contribution >= 4 is 5.69 Å². The van der Waals surface area contributed by atoms with Crippen molar-refractivity contribution in [1.29, 1.82) is 0 Å². The van der Waals surface area contributed by atoms with Gasteiger partial charge in [0.1, 0.15) is 11.6 Å². The van der Waals surface area contributed by atoms with Crippen LogP contribution in [0.4, 0.5) is 14.5 Å². The van der Waals surface area contributed by atoms with Crippen molar-refractivity contribution in [2.45, 2.75) is 64.3 Å². The van der Waals surface area contributed by atoms with Crippen LogP contribution in [-0.2, 0) is 0 Å². The van der Waals surface area contributed by atoms with E-state index >= 15 is 0 Å². The number of hydrogen-bond donors (Lipinski definition) is 1. The molecule has 0 amide bonds. The van der Waals surface area contributed by atoms with E-state index in [9.17, 15) is 8.78 Å². The molecule has 0 saturated heterocycles. The van der Waals surface area contributed by atoms with Crippen LogP contribution in [0.15, 0.2) is 12.1 Å². The predicted molar refractivity (Wildman–Crippen MR) is 77.9 cm³/mol. The third kappa shape index (κ3) is 2.68. The SMILES string of the molecule is Cc1cc(F)c(NC2CCC3(CCCC3)CC2)cc1F. The second-order valence-electron chi connectivity index (χ2n) is 6.71. The van der Waals surface area contributed by atoms with E-state index in [2.05, 4.69) is 5.32 Å². The molecule has 0 aliphatic heterocycles. The summed E-state index contributed by atoms with van der Waals surface area (Å²) in [6.07, 6.45) is 10.1. The summed E-state index contributed by atoms with van der Waals surface area (Å²) in [4.78, 5) is 0. The standard InChI is InChI=1S/C17H23F2N/c1-12-10-15(19)16(11-14(12)18)20-13-4-8-17(9-5-13)6-2-3-7-17/h10-11,13,20H,2-9H2,1H3. The molecule has 2 saturated carbocycles. The Morgan fingerprint density at radius 2 is 1.65 bits per heavy atom. The molecule has 1 aromatic rings. The van der Waals surface area contributed by atoms with Crippen LogP contribution in [-0.4, -0.2) is 6.04 Å². The molecular weight excluding hydrogens is 256 g/mol. The summed E-state index contributed by atoms with van der Waals surface area (Å²) in [5.74, 6) is -0.679. The molecule has 0 radical (unpaired) electrons. The number of rotatable bonds is 2. The number of anilines is 1. The van der Waals surface area contributed by atoms with Crippen molar-refractivity contribution in [3.05, 3.63) is 29.3 Å². The van der Waals surface area contributed by atoms with Gasteiger partial charge in [0.2, 0.25) is 0 Å². The zero-order valence-electron chi connectivity index (χ0n) is 12.1. The van der Waals surface area contributed by atoms with Gasteiger partial charge in [-0.2, -0.15) is 0 Å². The van der Waals surface area contributed by atoms with E-state index in [4.69, 9.17) is 0 Å². The summed E-state index contributed by atoms with van der Waals surface area (Å²) in [5, 5.41) is 3.21. The van der Waals surface area contributed by atoms with Crippen LogP contribution < -0.4 is 5.32 Å². The highest BCUT2D eigenvalue weighted by Crippen LogP contribution is 2.49. The third-order valence-electron chi connectivity index (χ3n) is 5.32. The average Bonchev–Trinajstić information content (AvgIpc) is 2.87. The maximum atomic E-state index is 13.9. The first-order chi connectivity index (χ1) is 9.58. The summed E-state index contributed by atoms with van der Waals surface area (Å²) in [5.41, 5.74) is 1.26. The molecular formula is C17H23F2N. The topological polar surface area (TPSA) is 12.0 Å². The van der Waals surface area contributed by atoms with Crippen molar-refractivity contribution in [1.82, 2.24) is 0 Å². The molecule has 0 aromatic heterocycles. The maximum Gasteiger partial charge on any atom is 0.146 e. The Hall–Kier alpha value is -1.12. The van der Waals surface area contributed by atoms with E-state index < -0.39 is 0 Å². The van der Waals surface area contributed by atoms with Crippen molar-refractivity contribution in [3.63, 3.8) is 0 Å². The van der Waals surface area contributed by atoms with Gasteiger partial charge in [-0.15, -0.1) is 0 Å². The van der Waals surface area contributed by atoms with E-state index in [0.717, 1.165) is 12.8 Å². The first kappa shape index (κ1) is 13.8. The van der Waals surface area contributed by atoms with E-state index in [1.807, 2.05) is 0 Å². The molecule has 1 aromatic carbocycles. The minimum atomic E-state index is -0.343. The summed E-state index contributed by atoms with van der Waals surface area (Å²) in [6.45, 7) is 1.59. The van der Waals surface area contributed by atoms with Crippen molar-refractivity contribution in [2.75, 3.05) is 5.32 Å². The Bertz CT molecular complexity index is 482. The zero-order chi connectivity index (χ0) is 14.2. The molecule has 110 valence electrons. The van der Waals surface area contributed by atoms with Gasteiger partial charge in [-0.05, 0) is 62.5 Å². The summed E-state index contributed by atoms with van der Waals surface area (Å²) in [7, 11) is 0. The van der Waals surface area contributed by atoms with Gasteiger partial charge in [0.05, 0.1) is 5.69 Å². The molecule has 20 heavy (non-hydrogen) atoms. The van der Waals surface area contributed by atoms with Gasteiger partial charge in [0.15, 0.2) is 0 Å². The lowest BCUT2D eigenvalue weighted by Gasteiger charge is -2.38. The Labute approximate surface area is 119 Å². The molecule has 2 aliphatic carbocycles. The van der Waals surface area contributed by atoms with E-state index in [0.29, 0.717) is 16.7 Å². The van der Waals surface area contributed by atoms with Gasteiger partial charge >= 0.3 is 0 Å². The molecule has 0 heterocycles. The highest BCUT2D eigenvalue weighted by atomic mass is 19.1. The normalized spacial score (nSPS) is 22.4. The molecule has 1 nitrogen and oxygen atoms in total. The quantitative estimate of drug-likeness (QED) is 0.785. The first-order valence-electron chi connectivity index (χ1n) is 7.80. The molecule has 3 heteroatoms. The fraction of sp³-hybridized carbons (Fsp3) is 0.647. The second kappa shape index (κ2) is 5.34. The molecule has 0 bridgehead atoms. The van der Waals surface area contributed by atoms with Crippen LogP contribution in [0, 0.1) is 24.0 Å². The van der Waals surface area contributed by atoms with Crippen LogP contribution >= 0.6 is 0 Å². The van der Waals surface area contributed by atoms with Gasteiger partial charge in [-0.1, -0.05) is 12.8 Å². The zero-order valence-corrected chi connectivity index (χ0v) is 12.1. The molecule has 0 atom stereocenters. The summed E-state index contributed by atoms with van der Waals surface area (Å²) < 4.78 is 27.4. The fourth-order valence-electron chi connectivity index (χ4n) is 3.98. The lowest BCUT2D eigenvalue weighted by atomic mass is 9.71. The first-order valence-corrected chi connectivity index (χ1v) is 7.80. The largest absolute Gasteiger partial charge is 0.380 e. The monoisotopic (exact) mass is 279 g/mol. The number of nitrogens with one attached hydrogen (secondary N) is 1. The number of benzene rings is 1. The molecule has 1 spiro atoms. The smallest absolute Gasteiger partial charge is 0.146 e. The van der Waals surface area contributed by atoms with Gasteiger partial charge in [0, 0.05) is 12.1 Å². The number of halogens is 2. The van der Waals surface area contributed by atoms with E-state index in [1.54, 1.807) is 6.92 Å². The van der Waals surface area contributed by atoms with Crippen LogP contribution in [0.25, 0.3) is 0 Å². The molecule has 2 fully saturated rings. The predicted octanol–water partition coefficient (Wildman–Crippen LogP) is 5.19. The second-order valence-corrected chi connectivity index (χ2v) is 6.71. The summed E-state index contributed by atoms with van der Waals surface area (Å²) >= 11 is 0. The van der Waals surface area contributed by atoms with E-state index in [1.165, 1.54) is 50.7 Å². The lowest BCUT2D eigenvalue weighted by Crippen LogP contribution is -2.32. The van der Waals surface area contributed by atoms with Crippen molar-refractivity contribution < 1.29 is 8.78 Å². The molecule has 1 N–H and O–H groups in total. The minimum Gasteiger partial charge on any atom is -0.380 e. The highest BCUT2D eigenvalue weighted by molar-refractivity contribution is 5.47. The lowest BCUT2D eigenvalue weighted by molar-refractivity contribution is 0.188. The molecule has 3 rings (SSSR count). The summed E-state index contributed by atoms with van der Waals surface area (Å²) in [6, 6.07) is 2.86. The Morgan fingerprint density at radius 1 is 1.00 bits per heavy atom. The molecule has 0 unspecified atom stereocenters. The van der Waals surface area contributed by atoms with Crippen molar-refractivity contribution in [2.24, 2.45) is 5.41 Å². The Morgan fingerprint density at radius 3 is 2.30 bits per heavy atom. The van der Waals surface area contributed by atoms with Gasteiger partial charge in [-0.3, -0.25) is 0 Å². The fourth-order valence-corrected chi connectivity index (χ4v) is 3.98. The Kier molecular flexibility index (Phi) is 3.70. The van der Waals surface area contributed by atoms with E-state index in [-0.39, 0.29) is 17.7 Å². The van der Waals surface area contributed by atoms with Gasteiger partial charge < -0.3 is 5.32 Å². The maximum absolute atomic E-state index is 13.9. The third-order valence-corrected chi connectivity index (χ3v) is 5.32. The van der Waals surface area contributed by atoms with Crippen LogP contribution in [0.5, 0.6) is 0 Å². The van der Waals surface area contributed by atoms with Crippen LogP contribution in [0.2, 0.25) is 0 Å². The number of aryl methyl sites for hydroxylation is 1.